The first-order valence-electron chi connectivity index (χ1n) is 6.92. The lowest BCUT2D eigenvalue weighted by Crippen LogP contribution is -2.38. The maximum absolute atomic E-state index is 13.9. The summed E-state index contributed by atoms with van der Waals surface area (Å²) in [5.41, 5.74) is 0.640. The molecule has 2 rings (SSSR count). The van der Waals surface area contributed by atoms with Crippen molar-refractivity contribution in [2.24, 2.45) is 4.99 Å². The Hall–Kier alpha value is -1.29. The van der Waals surface area contributed by atoms with E-state index in [1.165, 1.54) is 6.07 Å². The van der Waals surface area contributed by atoms with E-state index in [9.17, 15) is 4.39 Å². The van der Waals surface area contributed by atoms with Gasteiger partial charge in [-0.2, -0.15) is 0 Å². The van der Waals surface area contributed by atoms with Gasteiger partial charge in [0.2, 0.25) is 0 Å². The third-order valence-corrected chi connectivity index (χ3v) is 3.54. The first-order valence-corrected chi connectivity index (χ1v) is 6.92. The van der Waals surface area contributed by atoms with Gasteiger partial charge in [0.1, 0.15) is 5.82 Å². The van der Waals surface area contributed by atoms with Crippen LogP contribution in [0.2, 0.25) is 0 Å². The lowest BCUT2D eigenvalue weighted by atomic mass is 9.95. The van der Waals surface area contributed by atoms with Gasteiger partial charge in [-0.1, -0.05) is 24.1 Å². The number of hydrogen-bond acceptors (Lipinski definition) is 1. The van der Waals surface area contributed by atoms with Crippen LogP contribution in [0.25, 0.3) is 0 Å². The summed E-state index contributed by atoms with van der Waals surface area (Å²) >= 11 is 0. The van der Waals surface area contributed by atoms with E-state index in [2.05, 4.69) is 21.5 Å². The average Bonchev–Trinajstić information content (AvgIpc) is 3.23. The Morgan fingerprint density at radius 2 is 2.10 bits per heavy atom. The highest BCUT2D eigenvalue weighted by molar-refractivity contribution is 14.0. The number of nitrogens with one attached hydrogen (secondary N) is 2. The lowest BCUT2D eigenvalue weighted by Gasteiger charge is -2.16. The molecule has 3 nitrogen and oxygen atoms in total. The van der Waals surface area contributed by atoms with Gasteiger partial charge in [-0.3, -0.25) is 4.99 Å². The van der Waals surface area contributed by atoms with Crippen LogP contribution >= 0.6 is 24.0 Å². The largest absolute Gasteiger partial charge is 0.357 e. The molecule has 1 aliphatic carbocycles. The SMILES string of the molecule is C#CCNC(=NCC1(c2ccccc2F)CC1)NCC.I. The molecule has 0 aromatic heterocycles. The zero-order valence-electron chi connectivity index (χ0n) is 12.2. The molecule has 0 saturated heterocycles. The molecular formula is C16H21FIN3. The Bertz CT molecular complexity index is 533. The molecule has 1 aromatic rings. The van der Waals surface area contributed by atoms with Gasteiger partial charge in [0.15, 0.2) is 5.96 Å². The van der Waals surface area contributed by atoms with Gasteiger partial charge >= 0.3 is 0 Å². The number of halogens is 2. The van der Waals surface area contributed by atoms with Crippen LogP contribution in [0, 0.1) is 18.2 Å². The lowest BCUT2D eigenvalue weighted by molar-refractivity contribution is 0.572. The second kappa shape index (κ2) is 8.23. The van der Waals surface area contributed by atoms with E-state index in [1.54, 1.807) is 6.07 Å². The van der Waals surface area contributed by atoms with Crippen LogP contribution in [0.4, 0.5) is 4.39 Å². The summed E-state index contributed by atoms with van der Waals surface area (Å²) in [5, 5.41) is 6.18. The Morgan fingerprint density at radius 1 is 1.38 bits per heavy atom. The normalized spacial score (nSPS) is 15.6. The number of benzene rings is 1. The minimum atomic E-state index is -0.137. The van der Waals surface area contributed by atoms with Gasteiger partial charge in [0, 0.05) is 12.0 Å². The van der Waals surface area contributed by atoms with Crippen molar-refractivity contribution in [3.63, 3.8) is 0 Å². The Balaban J connectivity index is 0.00000220. The van der Waals surface area contributed by atoms with E-state index in [1.807, 2.05) is 19.1 Å². The van der Waals surface area contributed by atoms with Gasteiger partial charge in [0.25, 0.3) is 0 Å². The molecule has 114 valence electrons. The summed E-state index contributed by atoms with van der Waals surface area (Å²) in [7, 11) is 0. The molecule has 1 aromatic carbocycles. The number of hydrogen-bond donors (Lipinski definition) is 2. The summed E-state index contributed by atoms with van der Waals surface area (Å²) in [6, 6.07) is 6.97. The molecule has 1 saturated carbocycles. The van der Waals surface area contributed by atoms with Crippen LogP contribution in [-0.2, 0) is 5.41 Å². The molecule has 1 fully saturated rings. The van der Waals surface area contributed by atoms with Gasteiger partial charge in [-0.25, -0.2) is 4.39 Å². The van der Waals surface area contributed by atoms with Crippen molar-refractivity contribution < 1.29 is 4.39 Å². The third-order valence-electron chi connectivity index (χ3n) is 3.54. The number of guanidine groups is 1. The summed E-state index contributed by atoms with van der Waals surface area (Å²) in [6.07, 6.45) is 7.19. The van der Waals surface area contributed by atoms with Crippen LogP contribution in [0.3, 0.4) is 0 Å². The van der Waals surface area contributed by atoms with Crippen molar-refractivity contribution in [2.75, 3.05) is 19.6 Å². The molecule has 5 heteroatoms. The zero-order chi connectivity index (χ0) is 14.4. The summed E-state index contributed by atoms with van der Waals surface area (Å²) in [5.74, 6) is 3.07. The molecule has 0 radical (unpaired) electrons. The number of rotatable bonds is 5. The molecule has 0 amide bonds. The molecule has 1 aliphatic rings. The molecule has 0 unspecified atom stereocenters. The van der Waals surface area contributed by atoms with E-state index in [0.29, 0.717) is 19.0 Å². The fraction of sp³-hybridized carbons (Fsp3) is 0.438. The first kappa shape index (κ1) is 17.8. The Labute approximate surface area is 142 Å². The maximum atomic E-state index is 13.9. The summed E-state index contributed by atoms with van der Waals surface area (Å²) < 4.78 is 13.9. The minimum Gasteiger partial charge on any atom is -0.357 e. The minimum absolute atomic E-state index is 0. The van der Waals surface area contributed by atoms with Crippen molar-refractivity contribution in [1.82, 2.24) is 10.6 Å². The molecule has 0 atom stereocenters. The predicted octanol–water partition coefficient (Wildman–Crippen LogP) is 2.66. The fourth-order valence-corrected chi connectivity index (χ4v) is 2.26. The molecule has 0 heterocycles. The van der Waals surface area contributed by atoms with Gasteiger partial charge < -0.3 is 10.6 Å². The number of terminal acetylenes is 1. The maximum Gasteiger partial charge on any atom is 0.192 e. The van der Waals surface area contributed by atoms with Gasteiger partial charge in [-0.15, -0.1) is 30.4 Å². The van der Waals surface area contributed by atoms with Crippen molar-refractivity contribution in [3.05, 3.63) is 35.6 Å². The smallest absolute Gasteiger partial charge is 0.192 e. The second-order valence-corrected chi connectivity index (χ2v) is 5.01. The summed E-state index contributed by atoms with van der Waals surface area (Å²) in [6.45, 7) is 3.77. The van der Waals surface area contributed by atoms with Crippen molar-refractivity contribution >= 4 is 29.9 Å². The van der Waals surface area contributed by atoms with E-state index in [-0.39, 0.29) is 35.2 Å². The summed E-state index contributed by atoms with van der Waals surface area (Å²) in [4.78, 5) is 4.53. The van der Waals surface area contributed by atoms with E-state index < -0.39 is 0 Å². The molecular weight excluding hydrogens is 380 g/mol. The van der Waals surface area contributed by atoms with Crippen molar-refractivity contribution in [3.8, 4) is 12.3 Å². The average molecular weight is 401 g/mol. The predicted molar refractivity (Wildman–Crippen MR) is 95.5 cm³/mol. The second-order valence-electron chi connectivity index (χ2n) is 5.01. The monoisotopic (exact) mass is 401 g/mol. The topological polar surface area (TPSA) is 36.4 Å². The number of nitrogens with zero attached hydrogens (tertiary/aromatic N) is 1. The highest BCUT2D eigenvalue weighted by Gasteiger charge is 2.45. The highest BCUT2D eigenvalue weighted by Crippen LogP contribution is 2.49. The quantitative estimate of drug-likeness (QED) is 0.345. The van der Waals surface area contributed by atoms with Gasteiger partial charge in [0.05, 0.1) is 13.1 Å². The van der Waals surface area contributed by atoms with Crippen LogP contribution in [-0.4, -0.2) is 25.6 Å². The third kappa shape index (κ3) is 4.60. The fourth-order valence-electron chi connectivity index (χ4n) is 2.26. The molecule has 2 N–H and O–H groups in total. The first-order chi connectivity index (χ1) is 9.72. The van der Waals surface area contributed by atoms with Crippen molar-refractivity contribution in [2.45, 2.75) is 25.2 Å². The van der Waals surface area contributed by atoms with E-state index in [4.69, 9.17) is 6.42 Å². The molecule has 0 aliphatic heterocycles. The number of aliphatic imine (C=N–C) groups is 1. The van der Waals surface area contributed by atoms with E-state index >= 15 is 0 Å². The molecule has 0 bridgehead atoms. The van der Waals surface area contributed by atoms with Crippen LogP contribution in [0.15, 0.2) is 29.3 Å². The standard InChI is InChI=1S/C16H20FN3.HI/c1-3-11-19-15(18-4-2)20-12-16(9-10-16)13-7-5-6-8-14(13)17;/h1,5-8H,4,9-12H2,2H3,(H2,18,19,20);1H. The van der Waals surface area contributed by atoms with Gasteiger partial charge in [-0.05, 0) is 31.4 Å². The Kier molecular flexibility index (Phi) is 6.96. The van der Waals surface area contributed by atoms with Crippen LogP contribution < -0.4 is 10.6 Å². The van der Waals surface area contributed by atoms with E-state index in [0.717, 1.165) is 24.9 Å². The highest BCUT2D eigenvalue weighted by atomic mass is 127. The molecule has 0 spiro atoms. The zero-order valence-corrected chi connectivity index (χ0v) is 14.5. The van der Waals surface area contributed by atoms with Crippen LogP contribution in [0.5, 0.6) is 0 Å². The Morgan fingerprint density at radius 3 is 2.67 bits per heavy atom. The van der Waals surface area contributed by atoms with Crippen LogP contribution in [0.1, 0.15) is 25.3 Å². The van der Waals surface area contributed by atoms with Crippen molar-refractivity contribution in [1.29, 1.82) is 0 Å². The molecule has 21 heavy (non-hydrogen) atoms.